The Bertz CT molecular complexity index is 256. The van der Waals surface area contributed by atoms with Crippen molar-refractivity contribution in [3.63, 3.8) is 0 Å². The van der Waals surface area contributed by atoms with Gasteiger partial charge in [0, 0.05) is 13.1 Å². The molecule has 0 fully saturated rings. The quantitative estimate of drug-likeness (QED) is 0.421. The minimum absolute atomic E-state index is 0.0260. The van der Waals surface area contributed by atoms with Crippen LogP contribution in [0.2, 0.25) is 0 Å². The Labute approximate surface area is 115 Å². The first-order chi connectivity index (χ1) is 9.10. The van der Waals surface area contributed by atoms with Crippen molar-refractivity contribution in [2.24, 2.45) is 0 Å². The molecule has 0 saturated heterocycles. The number of hydrogen-bond donors (Lipinski definition) is 2. The highest BCUT2D eigenvalue weighted by molar-refractivity contribution is 5.69. The monoisotopic (exact) mass is 273 g/mol. The number of esters is 1. The number of ether oxygens (including phenoxy) is 1. The maximum atomic E-state index is 11.6. The van der Waals surface area contributed by atoms with Gasteiger partial charge in [0.1, 0.15) is 6.10 Å². The Morgan fingerprint density at radius 1 is 1.16 bits per heavy atom. The lowest BCUT2D eigenvalue weighted by Gasteiger charge is -2.16. The van der Waals surface area contributed by atoms with Crippen LogP contribution in [0, 0.1) is 0 Å². The van der Waals surface area contributed by atoms with Gasteiger partial charge in [0.2, 0.25) is 0 Å². The molecule has 112 valence electrons. The molecule has 1 unspecified atom stereocenters. The molecule has 0 aromatic heterocycles. The molecule has 0 amide bonds. The Morgan fingerprint density at radius 2 is 1.84 bits per heavy atom. The lowest BCUT2D eigenvalue weighted by Crippen LogP contribution is -2.24. The summed E-state index contributed by atoms with van der Waals surface area (Å²) < 4.78 is 5.38. The minimum Gasteiger partial charge on any atom is -0.481 e. The van der Waals surface area contributed by atoms with E-state index in [1.165, 1.54) is 6.42 Å². The van der Waals surface area contributed by atoms with E-state index in [1.807, 2.05) is 6.92 Å². The van der Waals surface area contributed by atoms with Crippen LogP contribution in [-0.4, -0.2) is 36.2 Å². The van der Waals surface area contributed by atoms with E-state index in [0.29, 0.717) is 19.5 Å². The van der Waals surface area contributed by atoms with Gasteiger partial charge in [0.05, 0.1) is 12.8 Å². The Morgan fingerprint density at radius 3 is 2.42 bits per heavy atom. The molecule has 5 nitrogen and oxygen atoms in total. The summed E-state index contributed by atoms with van der Waals surface area (Å²) in [6, 6.07) is 0. The van der Waals surface area contributed by atoms with Crippen molar-refractivity contribution in [1.82, 2.24) is 5.32 Å². The second-order valence-electron chi connectivity index (χ2n) is 4.66. The van der Waals surface area contributed by atoms with E-state index in [9.17, 15) is 9.59 Å². The van der Waals surface area contributed by atoms with Gasteiger partial charge in [-0.3, -0.25) is 9.59 Å². The van der Waals surface area contributed by atoms with Gasteiger partial charge in [-0.1, -0.05) is 26.7 Å². The summed E-state index contributed by atoms with van der Waals surface area (Å²) in [6.45, 7) is 5.03. The molecule has 0 aliphatic carbocycles. The number of rotatable bonds is 12. The van der Waals surface area contributed by atoms with Gasteiger partial charge in [-0.05, 0) is 19.3 Å². The van der Waals surface area contributed by atoms with E-state index in [1.54, 1.807) is 0 Å². The minimum atomic E-state index is -0.836. The second kappa shape index (κ2) is 12.0. The van der Waals surface area contributed by atoms with Crippen molar-refractivity contribution >= 4 is 11.9 Å². The number of nitrogens with one attached hydrogen (secondary N) is 1. The Kier molecular flexibility index (Phi) is 11.3. The smallest absolute Gasteiger partial charge is 0.307 e. The first kappa shape index (κ1) is 17.9. The van der Waals surface area contributed by atoms with Crippen LogP contribution in [0.5, 0.6) is 0 Å². The van der Waals surface area contributed by atoms with Gasteiger partial charge in [-0.25, -0.2) is 0 Å². The summed E-state index contributed by atoms with van der Waals surface area (Å²) in [5, 5.41) is 11.4. The number of carboxylic acids is 1. The fraction of sp³-hybridized carbons (Fsp3) is 0.857. The third-order valence-corrected chi connectivity index (χ3v) is 2.90. The predicted octanol–water partition coefficient (Wildman–Crippen LogP) is 2.34. The fourth-order valence-electron chi connectivity index (χ4n) is 1.72. The van der Waals surface area contributed by atoms with Crippen molar-refractivity contribution in [3.05, 3.63) is 0 Å². The zero-order valence-corrected chi connectivity index (χ0v) is 12.1. The lowest BCUT2D eigenvalue weighted by atomic mass is 10.1. The predicted molar refractivity (Wildman–Crippen MR) is 74.1 cm³/mol. The summed E-state index contributed by atoms with van der Waals surface area (Å²) in [6.07, 6.45) is 5.61. The summed E-state index contributed by atoms with van der Waals surface area (Å²) in [4.78, 5) is 21.8. The molecular formula is C14H27NO4. The molecule has 0 aliphatic rings. The number of aliphatic carboxylic acids is 1. The van der Waals surface area contributed by atoms with Crippen LogP contribution in [0.15, 0.2) is 0 Å². The molecule has 5 heteroatoms. The third-order valence-electron chi connectivity index (χ3n) is 2.90. The molecule has 19 heavy (non-hydrogen) atoms. The van der Waals surface area contributed by atoms with E-state index in [2.05, 4.69) is 12.2 Å². The van der Waals surface area contributed by atoms with Crippen LogP contribution in [-0.2, 0) is 14.3 Å². The number of hydrogen-bond acceptors (Lipinski definition) is 4. The molecule has 2 N–H and O–H groups in total. The first-order valence-corrected chi connectivity index (χ1v) is 7.22. The first-order valence-electron chi connectivity index (χ1n) is 7.22. The lowest BCUT2D eigenvalue weighted by molar-refractivity contribution is -0.149. The van der Waals surface area contributed by atoms with Crippen molar-refractivity contribution in [1.29, 1.82) is 0 Å². The van der Waals surface area contributed by atoms with Crippen LogP contribution in [0.1, 0.15) is 58.8 Å². The van der Waals surface area contributed by atoms with Gasteiger partial charge in [0.25, 0.3) is 0 Å². The van der Waals surface area contributed by atoms with E-state index in [0.717, 1.165) is 25.7 Å². The summed E-state index contributed by atoms with van der Waals surface area (Å²) >= 11 is 0. The molecule has 1 atom stereocenters. The Hall–Kier alpha value is -1.10. The molecule has 0 rings (SSSR count). The highest BCUT2D eigenvalue weighted by Crippen LogP contribution is 2.10. The molecule has 0 saturated carbocycles. The molecule has 0 radical (unpaired) electrons. The van der Waals surface area contributed by atoms with Gasteiger partial charge in [-0.2, -0.15) is 0 Å². The number of carbonyl (C=O) groups is 2. The van der Waals surface area contributed by atoms with Crippen molar-refractivity contribution in [2.45, 2.75) is 64.9 Å². The standard InChI is InChI=1S/C14H27NO4/c1-3-5-6-7-12(4-2)19-14(18)9-11-15-10-8-13(16)17/h12,15H,3-11H2,1-2H3,(H,16,17). The number of unbranched alkanes of at least 4 members (excludes halogenated alkanes) is 2. The molecule has 0 heterocycles. The highest BCUT2D eigenvalue weighted by Gasteiger charge is 2.11. The molecule has 0 aliphatic heterocycles. The van der Waals surface area contributed by atoms with E-state index in [-0.39, 0.29) is 18.5 Å². The van der Waals surface area contributed by atoms with Gasteiger partial charge in [-0.15, -0.1) is 0 Å². The highest BCUT2D eigenvalue weighted by atomic mass is 16.5. The molecule has 0 bridgehead atoms. The van der Waals surface area contributed by atoms with E-state index >= 15 is 0 Å². The second-order valence-corrected chi connectivity index (χ2v) is 4.66. The maximum Gasteiger partial charge on any atom is 0.307 e. The van der Waals surface area contributed by atoms with Crippen LogP contribution in [0.25, 0.3) is 0 Å². The average molecular weight is 273 g/mol. The van der Waals surface area contributed by atoms with Crippen molar-refractivity contribution in [3.8, 4) is 0 Å². The van der Waals surface area contributed by atoms with Gasteiger partial charge in [0.15, 0.2) is 0 Å². The van der Waals surface area contributed by atoms with Crippen molar-refractivity contribution < 1.29 is 19.4 Å². The molecule has 0 aromatic rings. The summed E-state index contributed by atoms with van der Waals surface area (Å²) in [7, 11) is 0. The normalized spacial score (nSPS) is 12.1. The summed E-state index contributed by atoms with van der Waals surface area (Å²) in [5.41, 5.74) is 0. The van der Waals surface area contributed by atoms with Crippen LogP contribution < -0.4 is 5.32 Å². The van der Waals surface area contributed by atoms with Gasteiger partial charge < -0.3 is 15.2 Å². The van der Waals surface area contributed by atoms with Crippen LogP contribution >= 0.6 is 0 Å². The molecule has 0 aromatic carbocycles. The topological polar surface area (TPSA) is 75.6 Å². The fourth-order valence-corrected chi connectivity index (χ4v) is 1.72. The third kappa shape index (κ3) is 11.7. The SMILES string of the molecule is CCCCCC(CC)OC(=O)CCNCCC(=O)O. The number of carbonyl (C=O) groups excluding carboxylic acids is 1. The average Bonchev–Trinajstić information content (AvgIpc) is 2.37. The van der Waals surface area contributed by atoms with E-state index in [4.69, 9.17) is 9.84 Å². The zero-order chi connectivity index (χ0) is 14.5. The van der Waals surface area contributed by atoms with Crippen molar-refractivity contribution in [2.75, 3.05) is 13.1 Å². The summed E-state index contributed by atoms with van der Waals surface area (Å²) in [5.74, 6) is -1.04. The Balaban J connectivity index is 3.61. The van der Waals surface area contributed by atoms with Gasteiger partial charge >= 0.3 is 11.9 Å². The molecule has 0 spiro atoms. The number of carboxylic acid groups (broad SMARTS) is 1. The zero-order valence-electron chi connectivity index (χ0n) is 12.1. The van der Waals surface area contributed by atoms with Crippen LogP contribution in [0.4, 0.5) is 0 Å². The molecular weight excluding hydrogens is 246 g/mol. The maximum absolute atomic E-state index is 11.6. The van der Waals surface area contributed by atoms with Crippen LogP contribution in [0.3, 0.4) is 0 Å². The largest absolute Gasteiger partial charge is 0.481 e. The van der Waals surface area contributed by atoms with E-state index < -0.39 is 5.97 Å².